The van der Waals surface area contributed by atoms with Gasteiger partial charge in [0.1, 0.15) is 18.3 Å². The number of rotatable bonds is 12. The molecule has 1 N–H and O–H groups in total. The number of benzene rings is 2. The van der Waals surface area contributed by atoms with E-state index in [0.29, 0.717) is 24.4 Å². The number of methoxy groups -OCH3 is 1. The third-order valence-corrected chi connectivity index (χ3v) is 7.56. The van der Waals surface area contributed by atoms with Crippen LogP contribution in [0.2, 0.25) is 0 Å². The quantitative estimate of drug-likeness (QED) is 0.420. The smallest absolute Gasteiger partial charge is 0.244 e. The zero-order valence-electron chi connectivity index (χ0n) is 20.9. The van der Waals surface area contributed by atoms with Gasteiger partial charge in [0, 0.05) is 17.6 Å². The summed E-state index contributed by atoms with van der Waals surface area (Å²) in [7, 11) is -2.22. The Kier molecular flexibility index (Phi) is 10.6. The maximum Gasteiger partial charge on any atom is 0.244 e. The Balaban J connectivity index is 2.45. The molecule has 0 aliphatic carbocycles. The van der Waals surface area contributed by atoms with E-state index in [2.05, 4.69) is 21.2 Å². The van der Waals surface area contributed by atoms with Gasteiger partial charge in [-0.15, -0.1) is 0 Å². The molecule has 2 aromatic rings. The molecule has 10 heteroatoms. The highest BCUT2D eigenvalue weighted by Crippen LogP contribution is 2.25. The third kappa shape index (κ3) is 7.96. The number of carbonyl (C=O) groups is 2. The maximum atomic E-state index is 13.7. The largest absolute Gasteiger partial charge is 0.497 e. The van der Waals surface area contributed by atoms with E-state index >= 15 is 0 Å². The number of amides is 2. The molecule has 1 atom stereocenters. The molecular formula is C25H34BrN3O5S. The predicted octanol–water partition coefficient (Wildman–Crippen LogP) is 3.87. The van der Waals surface area contributed by atoms with Gasteiger partial charge in [0.15, 0.2) is 0 Å². The van der Waals surface area contributed by atoms with Crippen LogP contribution >= 0.6 is 15.9 Å². The normalized spacial score (nSPS) is 12.1. The Hall–Kier alpha value is -2.59. The van der Waals surface area contributed by atoms with Crippen molar-refractivity contribution in [2.45, 2.75) is 46.2 Å². The van der Waals surface area contributed by atoms with Crippen LogP contribution < -0.4 is 14.4 Å². The van der Waals surface area contributed by atoms with Crippen LogP contribution in [0.25, 0.3) is 0 Å². The van der Waals surface area contributed by atoms with Crippen molar-refractivity contribution in [3.8, 4) is 5.75 Å². The minimum Gasteiger partial charge on any atom is -0.497 e. The number of hydrogen-bond donors (Lipinski definition) is 1. The average Bonchev–Trinajstić information content (AvgIpc) is 2.82. The molecule has 0 aliphatic rings. The summed E-state index contributed by atoms with van der Waals surface area (Å²) in [5.74, 6) is -0.116. The molecule has 35 heavy (non-hydrogen) atoms. The van der Waals surface area contributed by atoms with Crippen LogP contribution in [0.1, 0.15) is 37.8 Å². The van der Waals surface area contributed by atoms with Gasteiger partial charge < -0.3 is 15.0 Å². The molecule has 2 aromatic carbocycles. The molecule has 0 fully saturated rings. The summed E-state index contributed by atoms with van der Waals surface area (Å²) < 4.78 is 32.6. The summed E-state index contributed by atoms with van der Waals surface area (Å²) in [5.41, 5.74) is 1.98. The fourth-order valence-corrected chi connectivity index (χ4v) is 4.74. The van der Waals surface area contributed by atoms with Gasteiger partial charge in [-0.3, -0.25) is 13.9 Å². The second kappa shape index (κ2) is 12.9. The second-order valence-electron chi connectivity index (χ2n) is 8.29. The topological polar surface area (TPSA) is 96.0 Å². The lowest BCUT2D eigenvalue weighted by atomic mass is 10.1. The summed E-state index contributed by atoms with van der Waals surface area (Å²) in [6.07, 6.45) is 2.20. The molecule has 0 heterocycles. The Labute approximate surface area is 216 Å². The van der Waals surface area contributed by atoms with Gasteiger partial charge >= 0.3 is 0 Å². The average molecular weight is 569 g/mol. The summed E-state index contributed by atoms with van der Waals surface area (Å²) in [6.45, 7) is 5.81. The minimum atomic E-state index is -3.78. The van der Waals surface area contributed by atoms with Crippen LogP contribution in [0.5, 0.6) is 5.75 Å². The van der Waals surface area contributed by atoms with Gasteiger partial charge in [-0.1, -0.05) is 41.9 Å². The fraction of sp³-hybridized carbons (Fsp3) is 0.440. The molecule has 192 valence electrons. The van der Waals surface area contributed by atoms with E-state index in [0.717, 1.165) is 32.6 Å². The molecule has 0 spiro atoms. The molecule has 1 unspecified atom stereocenters. The molecule has 0 saturated heterocycles. The van der Waals surface area contributed by atoms with Crippen molar-refractivity contribution in [2.24, 2.45) is 0 Å². The number of anilines is 1. The first-order valence-corrected chi connectivity index (χ1v) is 14.1. The summed E-state index contributed by atoms with van der Waals surface area (Å²) in [6, 6.07) is 11.6. The van der Waals surface area contributed by atoms with Crippen molar-refractivity contribution >= 4 is 43.5 Å². The Morgan fingerprint density at radius 3 is 2.43 bits per heavy atom. The van der Waals surface area contributed by atoms with E-state index in [-0.39, 0.29) is 12.5 Å². The summed E-state index contributed by atoms with van der Waals surface area (Å²) in [4.78, 5) is 28.1. The van der Waals surface area contributed by atoms with Crippen molar-refractivity contribution in [3.63, 3.8) is 0 Å². The van der Waals surface area contributed by atoms with E-state index in [1.165, 1.54) is 4.90 Å². The zero-order valence-corrected chi connectivity index (χ0v) is 23.3. The minimum absolute atomic E-state index is 0.130. The van der Waals surface area contributed by atoms with E-state index in [1.807, 2.05) is 32.9 Å². The molecule has 2 rings (SSSR count). The highest BCUT2D eigenvalue weighted by atomic mass is 79.9. The van der Waals surface area contributed by atoms with Crippen LogP contribution in [-0.4, -0.2) is 57.6 Å². The summed E-state index contributed by atoms with van der Waals surface area (Å²) in [5, 5.41) is 2.86. The monoisotopic (exact) mass is 567 g/mol. The van der Waals surface area contributed by atoms with Crippen molar-refractivity contribution in [1.82, 2.24) is 10.2 Å². The lowest BCUT2D eigenvalue weighted by Crippen LogP contribution is -2.52. The van der Waals surface area contributed by atoms with Crippen molar-refractivity contribution in [2.75, 3.05) is 30.8 Å². The molecule has 8 nitrogen and oxygen atoms in total. The fourth-order valence-electron chi connectivity index (χ4n) is 3.65. The van der Waals surface area contributed by atoms with Gasteiger partial charge in [0.05, 0.1) is 19.1 Å². The van der Waals surface area contributed by atoms with Crippen molar-refractivity contribution in [3.05, 3.63) is 58.1 Å². The van der Waals surface area contributed by atoms with Crippen LogP contribution in [-0.2, 0) is 26.2 Å². The van der Waals surface area contributed by atoms with Crippen molar-refractivity contribution in [1.29, 1.82) is 0 Å². The third-order valence-electron chi connectivity index (χ3n) is 5.53. The Morgan fingerprint density at radius 1 is 1.14 bits per heavy atom. The molecule has 0 bridgehead atoms. The lowest BCUT2D eigenvalue weighted by Gasteiger charge is -2.33. The number of sulfonamides is 1. The van der Waals surface area contributed by atoms with Gasteiger partial charge in [0.25, 0.3) is 0 Å². The van der Waals surface area contributed by atoms with E-state index in [9.17, 15) is 18.0 Å². The second-order valence-corrected chi connectivity index (χ2v) is 11.1. The Bertz CT molecular complexity index is 1140. The van der Waals surface area contributed by atoms with Crippen molar-refractivity contribution < 1.29 is 22.7 Å². The van der Waals surface area contributed by atoms with Crippen LogP contribution in [0.15, 0.2) is 46.9 Å². The number of nitrogens with one attached hydrogen (secondary N) is 1. The first kappa shape index (κ1) is 28.6. The van der Waals surface area contributed by atoms with Gasteiger partial charge in [0.2, 0.25) is 21.8 Å². The lowest BCUT2D eigenvalue weighted by molar-refractivity contribution is -0.140. The number of halogens is 1. The molecule has 0 aliphatic heterocycles. The zero-order chi connectivity index (χ0) is 26.2. The van der Waals surface area contributed by atoms with E-state index in [1.54, 1.807) is 37.4 Å². The van der Waals surface area contributed by atoms with Gasteiger partial charge in [-0.25, -0.2) is 8.42 Å². The van der Waals surface area contributed by atoms with Crippen LogP contribution in [0.3, 0.4) is 0 Å². The van der Waals surface area contributed by atoms with E-state index in [4.69, 9.17) is 4.74 Å². The SMILES string of the molecule is CCCNC(=O)C(CC)N(Cc1cccc(OC)c1)C(=O)CN(c1ccc(Br)c(C)c1)S(C)(=O)=O. The standard InChI is InChI=1S/C25H34BrN3O5S/c1-6-13-27-25(31)23(7-2)28(16-19-9-8-10-21(15-19)34-4)24(30)17-29(35(5,32)33)20-11-12-22(26)18(3)14-20/h8-12,14-15,23H,6-7,13,16-17H2,1-5H3,(H,27,31). The number of nitrogens with zero attached hydrogens (tertiary/aromatic N) is 2. The summed E-state index contributed by atoms with van der Waals surface area (Å²) >= 11 is 3.42. The number of ether oxygens (including phenoxy) is 1. The number of hydrogen-bond acceptors (Lipinski definition) is 5. The molecule has 0 radical (unpaired) electrons. The molecule has 2 amide bonds. The maximum absolute atomic E-state index is 13.7. The van der Waals surface area contributed by atoms with Crippen LogP contribution in [0.4, 0.5) is 5.69 Å². The van der Waals surface area contributed by atoms with Gasteiger partial charge in [-0.05, 0) is 61.2 Å². The predicted molar refractivity (Wildman–Crippen MR) is 142 cm³/mol. The molecule has 0 aromatic heterocycles. The molecular weight excluding hydrogens is 534 g/mol. The first-order chi connectivity index (χ1) is 16.5. The van der Waals surface area contributed by atoms with Gasteiger partial charge in [-0.2, -0.15) is 0 Å². The van der Waals surface area contributed by atoms with Crippen LogP contribution in [0, 0.1) is 6.92 Å². The highest BCUT2D eigenvalue weighted by Gasteiger charge is 2.31. The number of aryl methyl sites for hydroxylation is 1. The molecule has 0 saturated carbocycles. The first-order valence-electron chi connectivity index (χ1n) is 11.5. The van der Waals surface area contributed by atoms with E-state index < -0.39 is 28.5 Å². The highest BCUT2D eigenvalue weighted by molar-refractivity contribution is 9.10. The Morgan fingerprint density at radius 2 is 1.86 bits per heavy atom. The number of carbonyl (C=O) groups excluding carboxylic acids is 2.